The summed E-state index contributed by atoms with van der Waals surface area (Å²) in [5.74, 6) is 1.99. The normalized spacial score (nSPS) is 18.7. The molecular formula is C48H70O2. The Hall–Kier alpha value is -3.52. The second-order valence-corrected chi connectivity index (χ2v) is 14.2. The molecule has 0 amide bonds. The molecule has 50 heavy (non-hydrogen) atoms. The van der Waals surface area contributed by atoms with Crippen molar-refractivity contribution < 1.29 is 11.0 Å². The van der Waals surface area contributed by atoms with Gasteiger partial charge in [0.1, 0.15) is 11.6 Å². The highest BCUT2D eigenvalue weighted by Gasteiger charge is 2.43. The van der Waals surface area contributed by atoms with Crippen LogP contribution in [0.25, 0.3) is 0 Å². The molecule has 2 nitrogen and oxygen atoms in total. The summed E-state index contributed by atoms with van der Waals surface area (Å²) in [6.07, 6.45) is 34.2. The van der Waals surface area contributed by atoms with E-state index in [2.05, 4.69) is 86.4 Å². The topological polar surface area (TPSA) is 34.1 Å². The van der Waals surface area contributed by atoms with E-state index < -0.39 is 0 Å². The Morgan fingerprint density at radius 2 is 1.42 bits per heavy atom. The first-order chi connectivity index (χ1) is 24.3. The van der Waals surface area contributed by atoms with E-state index in [1.807, 2.05) is 51.1 Å². The fraction of sp³-hybridized carbons (Fsp3) is 0.500. The Labute approximate surface area is 308 Å². The summed E-state index contributed by atoms with van der Waals surface area (Å²) in [7, 11) is 0. The lowest BCUT2D eigenvalue weighted by Gasteiger charge is -2.41. The molecule has 0 aliphatic heterocycles. The first-order valence-electron chi connectivity index (χ1n) is 19.8. The van der Waals surface area contributed by atoms with Crippen LogP contribution in [0.5, 0.6) is 0 Å². The molecule has 4 aliphatic carbocycles. The van der Waals surface area contributed by atoms with Crippen LogP contribution in [0, 0.1) is 17.3 Å². The molecule has 1 unspecified atom stereocenters. The first kappa shape index (κ1) is 42.6. The zero-order valence-electron chi connectivity index (χ0n) is 32.3. The van der Waals surface area contributed by atoms with Crippen molar-refractivity contribution >= 4 is 11.6 Å². The molecule has 2 fully saturated rings. The van der Waals surface area contributed by atoms with Crippen LogP contribution in [0.3, 0.4) is 0 Å². The summed E-state index contributed by atoms with van der Waals surface area (Å²) in [6.45, 7) is 14.0. The highest BCUT2D eigenvalue weighted by Crippen LogP contribution is 2.47. The van der Waals surface area contributed by atoms with E-state index in [-0.39, 0.29) is 6.84 Å². The third kappa shape index (κ3) is 16.0. The Morgan fingerprint density at radius 1 is 0.800 bits per heavy atom. The second kappa shape index (κ2) is 25.4. The van der Waals surface area contributed by atoms with E-state index in [1.165, 1.54) is 63.4 Å². The Kier molecular flexibility index (Phi) is 21.7. The average Bonchev–Trinajstić information content (AvgIpc) is 3.42. The molecule has 274 valence electrons. The van der Waals surface area contributed by atoms with Crippen LogP contribution in [0.15, 0.2) is 121 Å². The zero-order valence-corrected chi connectivity index (χ0v) is 32.3. The minimum absolute atomic E-state index is 0. The lowest BCUT2D eigenvalue weighted by molar-refractivity contribution is -0.130. The Bertz CT molecular complexity index is 1350. The number of allylic oxidation sites excluding steroid dienone is 9. The number of hydrogen-bond acceptors (Lipinski definition) is 2. The van der Waals surface area contributed by atoms with Gasteiger partial charge in [0.25, 0.3) is 0 Å². The van der Waals surface area contributed by atoms with Gasteiger partial charge < -0.3 is 0 Å². The molecule has 2 aromatic rings. The van der Waals surface area contributed by atoms with Crippen molar-refractivity contribution in [3.8, 4) is 0 Å². The fourth-order valence-electron chi connectivity index (χ4n) is 6.98. The standard InChI is InChI=1S/C15H18O.C13H14.C9H16O.C9H14.C2H6.H2/c1-12(2)15(9-6-10-15)14(16)11-13-7-4-3-5-8-13;1-3-7-12(8-4-1)11-13-9-5-2-6-10-13;1-8(10)9-6-4-2-3-5-7-9;1-2-6-9-7-4-3-5-8-9;1-2;/h3-5,7-8H,1,6,9-11H2,2H3;1-5,7-9H,6,10-11H2;9H,2-7H2,1H3;3-5,7,9H,2,6,8H2,1H3;1-2H3;1H. The first-order valence-corrected chi connectivity index (χ1v) is 19.8. The number of rotatable bonds is 9. The quantitative estimate of drug-likeness (QED) is 0.195. The van der Waals surface area contributed by atoms with Gasteiger partial charge in [0.15, 0.2) is 0 Å². The number of benzene rings is 2. The molecule has 0 bridgehead atoms. The van der Waals surface area contributed by atoms with E-state index in [0.717, 1.165) is 55.6 Å². The summed E-state index contributed by atoms with van der Waals surface area (Å²) < 4.78 is 0. The molecule has 2 aromatic carbocycles. The second-order valence-electron chi connectivity index (χ2n) is 14.2. The van der Waals surface area contributed by atoms with Crippen molar-refractivity contribution in [2.75, 3.05) is 0 Å². The third-order valence-electron chi connectivity index (χ3n) is 10.3. The summed E-state index contributed by atoms with van der Waals surface area (Å²) >= 11 is 0. The van der Waals surface area contributed by atoms with E-state index in [0.29, 0.717) is 23.9 Å². The smallest absolute Gasteiger partial charge is 0.147 e. The van der Waals surface area contributed by atoms with Crippen molar-refractivity contribution in [1.82, 2.24) is 0 Å². The molecular weight excluding hydrogens is 609 g/mol. The minimum Gasteiger partial charge on any atom is -0.300 e. The van der Waals surface area contributed by atoms with Crippen LogP contribution < -0.4 is 0 Å². The maximum absolute atomic E-state index is 12.3. The predicted molar refractivity (Wildman–Crippen MR) is 219 cm³/mol. The summed E-state index contributed by atoms with van der Waals surface area (Å²) in [6, 6.07) is 20.6. The van der Waals surface area contributed by atoms with Gasteiger partial charge in [-0.1, -0.05) is 180 Å². The van der Waals surface area contributed by atoms with E-state index in [1.54, 1.807) is 12.5 Å². The molecule has 0 radical (unpaired) electrons. The van der Waals surface area contributed by atoms with Crippen LogP contribution >= 0.6 is 0 Å². The van der Waals surface area contributed by atoms with Crippen molar-refractivity contribution in [3.63, 3.8) is 0 Å². The summed E-state index contributed by atoms with van der Waals surface area (Å²) in [4.78, 5) is 23.2. The molecule has 0 heterocycles. The van der Waals surface area contributed by atoms with Gasteiger partial charge in [0, 0.05) is 19.2 Å². The number of carbonyl (C=O) groups excluding carboxylic acids is 2. The zero-order chi connectivity index (χ0) is 36.5. The van der Waals surface area contributed by atoms with E-state index in [9.17, 15) is 9.59 Å². The van der Waals surface area contributed by atoms with Gasteiger partial charge in [-0.15, -0.1) is 0 Å². The van der Waals surface area contributed by atoms with Gasteiger partial charge in [0.2, 0.25) is 0 Å². The van der Waals surface area contributed by atoms with Gasteiger partial charge in [-0.2, -0.15) is 0 Å². The van der Waals surface area contributed by atoms with Gasteiger partial charge in [-0.05, 0) is 88.7 Å². The van der Waals surface area contributed by atoms with E-state index in [4.69, 9.17) is 0 Å². The number of ketones is 2. The van der Waals surface area contributed by atoms with Crippen LogP contribution in [0.4, 0.5) is 0 Å². The monoisotopic (exact) mass is 679 g/mol. The molecule has 1 atom stereocenters. The summed E-state index contributed by atoms with van der Waals surface area (Å²) in [5, 5.41) is 0. The largest absolute Gasteiger partial charge is 0.300 e. The highest BCUT2D eigenvalue weighted by atomic mass is 16.1. The van der Waals surface area contributed by atoms with Gasteiger partial charge >= 0.3 is 0 Å². The van der Waals surface area contributed by atoms with Gasteiger partial charge in [-0.25, -0.2) is 0 Å². The van der Waals surface area contributed by atoms with Crippen LogP contribution in [-0.2, 0) is 22.4 Å². The van der Waals surface area contributed by atoms with Crippen molar-refractivity contribution in [1.29, 1.82) is 0 Å². The number of Topliss-reactive ketones (excluding diaryl/α,β-unsaturated/α-hetero) is 2. The lowest BCUT2D eigenvalue weighted by Crippen LogP contribution is -2.39. The third-order valence-corrected chi connectivity index (χ3v) is 10.3. The van der Waals surface area contributed by atoms with Crippen molar-refractivity contribution in [2.45, 2.75) is 137 Å². The fourth-order valence-corrected chi connectivity index (χ4v) is 6.98. The van der Waals surface area contributed by atoms with Gasteiger partial charge in [0.05, 0.1) is 0 Å². The highest BCUT2D eigenvalue weighted by molar-refractivity contribution is 5.90. The van der Waals surface area contributed by atoms with E-state index >= 15 is 0 Å². The Balaban J connectivity index is 0.000000340. The maximum Gasteiger partial charge on any atom is 0.147 e. The summed E-state index contributed by atoms with van der Waals surface area (Å²) in [5.41, 5.74) is 4.92. The molecule has 2 saturated carbocycles. The molecule has 2 heteroatoms. The number of carbonyl (C=O) groups is 2. The SMILES string of the molecule is C1=CCCC(Cc2ccccc2)=C1.C=C(C)C1(C(=O)Cc2ccccc2)CCC1.CC.CC(=O)C1CCCCCC1.CCCC1C=CC=CC1.[HH]. The molecule has 0 saturated heterocycles. The van der Waals surface area contributed by atoms with Crippen LogP contribution in [0.2, 0.25) is 0 Å². The Morgan fingerprint density at radius 3 is 1.88 bits per heavy atom. The predicted octanol–water partition coefficient (Wildman–Crippen LogP) is 13.8. The lowest BCUT2D eigenvalue weighted by atomic mass is 9.61. The molecule has 0 aromatic heterocycles. The average molecular weight is 679 g/mol. The van der Waals surface area contributed by atoms with Crippen LogP contribution in [-0.4, -0.2) is 11.6 Å². The van der Waals surface area contributed by atoms with Crippen LogP contribution in [0.1, 0.15) is 137 Å². The van der Waals surface area contributed by atoms with Crippen molar-refractivity contribution in [3.05, 3.63) is 132 Å². The molecule has 0 spiro atoms. The molecule has 0 N–H and O–H groups in total. The van der Waals surface area contributed by atoms with Crippen molar-refractivity contribution in [2.24, 2.45) is 17.3 Å². The minimum atomic E-state index is -0.199. The molecule has 4 aliphatic rings. The van der Waals surface area contributed by atoms with Gasteiger partial charge in [-0.3, -0.25) is 9.59 Å². The maximum atomic E-state index is 12.3. The number of hydrogen-bond donors (Lipinski definition) is 0. The molecule has 6 rings (SSSR count).